The van der Waals surface area contributed by atoms with Gasteiger partial charge < -0.3 is 15.1 Å². The highest BCUT2D eigenvalue weighted by atomic mass is 32.2. The summed E-state index contributed by atoms with van der Waals surface area (Å²) in [7, 11) is -1.74. The summed E-state index contributed by atoms with van der Waals surface area (Å²) in [6.07, 6.45) is 0. The number of hydrogen-bond donors (Lipinski definition) is 2. The lowest BCUT2D eigenvalue weighted by atomic mass is 10.2. The number of rotatable bonds is 6. The number of piperazine rings is 1. The van der Waals surface area contributed by atoms with E-state index in [9.17, 15) is 8.42 Å². The Morgan fingerprint density at radius 2 is 1.62 bits per heavy atom. The largest absolute Gasteiger partial charge is 0.368 e. The monoisotopic (exact) mass is 415 g/mol. The van der Waals surface area contributed by atoms with Crippen LogP contribution in [0.5, 0.6) is 0 Å². The van der Waals surface area contributed by atoms with Crippen molar-refractivity contribution in [3.05, 3.63) is 60.2 Å². The van der Waals surface area contributed by atoms with Crippen LogP contribution in [0.1, 0.15) is 5.56 Å². The molecule has 0 atom stereocenters. The maximum Gasteiger partial charge on any atom is 0.240 e. The van der Waals surface area contributed by atoms with Crippen molar-refractivity contribution in [3.8, 4) is 0 Å². The second-order valence-corrected chi connectivity index (χ2v) is 8.76. The van der Waals surface area contributed by atoms with Crippen molar-refractivity contribution in [3.63, 3.8) is 0 Å². The molecule has 7 nitrogen and oxygen atoms in total. The molecule has 29 heavy (non-hydrogen) atoms. The molecule has 0 aromatic heterocycles. The quantitative estimate of drug-likeness (QED) is 0.426. The van der Waals surface area contributed by atoms with Crippen molar-refractivity contribution in [2.45, 2.75) is 11.8 Å². The molecule has 0 aliphatic carbocycles. The standard InChI is InChI=1S/C21H29N5O2S/c1-18-8-10-20(11-9-18)29(27,28)24-13-12-23-21(22-2)26-16-14-25(15-17-26)19-6-4-3-5-7-19/h3-11,24H,12-17H2,1-2H3,(H,22,23). The van der Waals surface area contributed by atoms with Gasteiger partial charge in [0.2, 0.25) is 10.0 Å². The van der Waals surface area contributed by atoms with Crippen molar-refractivity contribution in [1.29, 1.82) is 0 Å². The van der Waals surface area contributed by atoms with Crippen LogP contribution in [-0.4, -0.2) is 65.6 Å². The maximum atomic E-state index is 12.3. The lowest BCUT2D eigenvalue weighted by Gasteiger charge is -2.37. The topological polar surface area (TPSA) is 77.0 Å². The lowest BCUT2D eigenvalue weighted by Crippen LogP contribution is -2.53. The molecule has 1 heterocycles. The van der Waals surface area contributed by atoms with E-state index in [0.29, 0.717) is 13.1 Å². The third kappa shape index (κ3) is 5.71. The van der Waals surface area contributed by atoms with E-state index in [1.807, 2.05) is 13.0 Å². The van der Waals surface area contributed by atoms with Crippen molar-refractivity contribution < 1.29 is 8.42 Å². The molecule has 2 aromatic rings. The predicted molar refractivity (Wildman–Crippen MR) is 118 cm³/mol. The SMILES string of the molecule is CN=C(NCCNS(=O)(=O)c1ccc(C)cc1)N1CCN(c2ccccc2)CC1. The molecule has 1 fully saturated rings. The van der Waals surface area contributed by atoms with Gasteiger partial charge in [0, 0.05) is 52.0 Å². The van der Waals surface area contributed by atoms with Gasteiger partial charge in [0.05, 0.1) is 4.90 Å². The normalized spacial score (nSPS) is 15.4. The van der Waals surface area contributed by atoms with Crippen LogP contribution in [0.15, 0.2) is 64.5 Å². The van der Waals surface area contributed by atoms with Crippen LogP contribution in [0.4, 0.5) is 5.69 Å². The Hall–Kier alpha value is -2.58. The Morgan fingerprint density at radius 1 is 0.966 bits per heavy atom. The van der Waals surface area contributed by atoms with E-state index in [1.54, 1.807) is 31.3 Å². The third-order valence-electron chi connectivity index (χ3n) is 4.94. The zero-order chi connectivity index (χ0) is 20.7. The Morgan fingerprint density at radius 3 is 2.24 bits per heavy atom. The molecular formula is C21H29N5O2S. The average molecular weight is 416 g/mol. The van der Waals surface area contributed by atoms with Crippen LogP contribution >= 0.6 is 0 Å². The Balaban J connectivity index is 1.45. The molecule has 0 saturated carbocycles. The second-order valence-electron chi connectivity index (χ2n) is 6.99. The smallest absolute Gasteiger partial charge is 0.240 e. The first kappa shape index (κ1) is 21.1. The van der Waals surface area contributed by atoms with Gasteiger partial charge in [0.25, 0.3) is 0 Å². The number of benzene rings is 2. The van der Waals surface area contributed by atoms with Crippen molar-refractivity contribution in [2.75, 3.05) is 51.2 Å². The van der Waals surface area contributed by atoms with Crippen molar-refractivity contribution in [2.24, 2.45) is 4.99 Å². The molecule has 1 aliphatic rings. The number of anilines is 1. The summed E-state index contributed by atoms with van der Waals surface area (Å²) < 4.78 is 27.3. The van der Waals surface area contributed by atoms with Crippen molar-refractivity contribution >= 4 is 21.7 Å². The second kappa shape index (κ2) is 9.76. The van der Waals surface area contributed by atoms with E-state index < -0.39 is 10.0 Å². The molecule has 156 valence electrons. The summed E-state index contributed by atoms with van der Waals surface area (Å²) in [5.41, 5.74) is 2.27. The fourth-order valence-corrected chi connectivity index (χ4v) is 4.34. The maximum absolute atomic E-state index is 12.3. The number of para-hydroxylation sites is 1. The van der Waals surface area contributed by atoms with Crippen LogP contribution < -0.4 is 14.9 Å². The summed E-state index contributed by atoms with van der Waals surface area (Å²) in [6, 6.07) is 17.2. The highest BCUT2D eigenvalue weighted by molar-refractivity contribution is 7.89. The summed E-state index contributed by atoms with van der Waals surface area (Å²) in [5.74, 6) is 0.798. The van der Waals surface area contributed by atoms with Crippen LogP contribution in [0.25, 0.3) is 0 Å². The van der Waals surface area contributed by atoms with Gasteiger partial charge in [-0.15, -0.1) is 0 Å². The molecule has 0 unspecified atom stereocenters. The minimum Gasteiger partial charge on any atom is -0.368 e. The molecule has 0 radical (unpaired) electrons. The summed E-state index contributed by atoms with van der Waals surface area (Å²) in [5, 5.41) is 3.26. The van der Waals surface area contributed by atoms with E-state index in [-0.39, 0.29) is 4.90 Å². The van der Waals surface area contributed by atoms with Gasteiger partial charge in [0.15, 0.2) is 5.96 Å². The number of aliphatic imine (C=N–C) groups is 1. The molecule has 0 amide bonds. The molecule has 1 saturated heterocycles. The number of aryl methyl sites for hydroxylation is 1. The van der Waals surface area contributed by atoms with E-state index in [4.69, 9.17) is 0 Å². The summed E-state index contributed by atoms with van der Waals surface area (Å²) >= 11 is 0. The van der Waals surface area contributed by atoms with Crippen LogP contribution in [0, 0.1) is 6.92 Å². The molecular weight excluding hydrogens is 386 g/mol. The minimum absolute atomic E-state index is 0.282. The summed E-state index contributed by atoms with van der Waals surface area (Å²) in [4.78, 5) is 9.19. The Labute approximate surface area is 173 Å². The molecule has 2 aromatic carbocycles. The van der Waals surface area contributed by atoms with Crippen LogP contribution in [0.3, 0.4) is 0 Å². The number of sulfonamides is 1. The van der Waals surface area contributed by atoms with E-state index >= 15 is 0 Å². The van der Waals surface area contributed by atoms with Gasteiger partial charge in [-0.3, -0.25) is 4.99 Å². The van der Waals surface area contributed by atoms with Gasteiger partial charge in [-0.2, -0.15) is 0 Å². The van der Waals surface area contributed by atoms with E-state index in [2.05, 4.69) is 49.1 Å². The van der Waals surface area contributed by atoms with Crippen LogP contribution in [0.2, 0.25) is 0 Å². The van der Waals surface area contributed by atoms with Gasteiger partial charge in [-0.25, -0.2) is 13.1 Å². The van der Waals surface area contributed by atoms with Crippen molar-refractivity contribution in [1.82, 2.24) is 14.9 Å². The fraction of sp³-hybridized carbons (Fsp3) is 0.381. The molecule has 8 heteroatoms. The fourth-order valence-electron chi connectivity index (χ4n) is 3.31. The van der Waals surface area contributed by atoms with Crippen LogP contribution in [-0.2, 0) is 10.0 Å². The first-order valence-electron chi connectivity index (χ1n) is 9.81. The first-order chi connectivity index (χ1) is 14.0. The van der Waals surface area contributed by atoms with Gasteiger partial charge in [0.1, 0.15) is 0 Å². The Bertz CT molecular complexity index is 906. The summed E-state index contributed by atoms with van der Waals surface area (Å²) in [6.45, 7) is 6.26. The predicted octanol–water partition coefficient (Wildman–Crippen LogP) is 1.67. The number of nitrogens with one attached hydrogen (secondary N) is 2. The molecule has 0 bridgehead atoms. The first-order valence-corrected chi connectivity index (χ1v) is 11.3. The Kier molecular flexibility index (Phi) is 7.11. The molecule has 0 spiro atoms. The molecule has 3 rings (SSSR count). The number of guanidine groups is 1. The lowest BCUT2D eigenvalue weighted by molar-refractivity contribution is 0.373. The third-order valence-corrected chi connectivity index (χ3v) is 6.42. The zero-order valence-electron chi connectivity index (χ0n) is 17.0. The van der Waals surface area contributed by atoms with Gasteiger partial charge in [-0.1, -0.05) is 35.9 Å². The zero-order valence-corrected chi connectivity index (χ0v) is 17.8. The minimum atomic E-state index is -3.49. The average Bonchev–Trinajstić information content (AvgIpc) is 2.75. The highest BCUT2D eigenvalue weighted by Gasteiger charge is 2.20. The van der Waals surface area contributed by atoms with Gasteiger partial charge in [-0.05, 0) is 31.2 Å². The number of hydrogen-bond acceptors (Lipinski definition) is 4. The van der Waals surface area contributed by atoms with E-state index in [1.165, 1.54) is 5.69 Å². The molecule has 1 aliphatic heterocycles. The van der Waals surface area contributed by atoms with E-state index in [0.717, 1.165) is 37.7 Å². The number of nitrogens with zero attached hydrogens (tertiary/aromatic N) is 3. The van der Waals surface area contributed by atoms with Gasteiger partial charge >= 0.3 is 0 Å². The molecule has 2 N–H and O–H groups in total. The highest BCUT2D eigenvalue weighted by Crippen LogP contribution is 2.15.